The van der Waals surface area contributed by atoms with E-state index in [0.29, 0.717) is 11.6 Å². The van der Waals surface area contributed by atoms with E-state index in [1.807, 2.05) is 4.90 Å². The van der Waals surface area contributed by atoms with Crippen LogP contribution in [0.1, 0.15) is 36.5 Å². The number of nitrogens with one attached hydrogen (secondary N) is 1. The topological polar surface area (TPSA) is 65.5 Å². The molecule has 104 valence electrons. The number of aromatic nitrogens is 1. The van der Waals surface area contributed by atoms with E-state index in [1.54, 1.807) is 0 Å². The predicted molar refractivity (Wildman–Crippen MR) is 73.1 cm³/mol. The zero-order valence-electron chi connectivity index (χ0n) is 11.3. The highest BCUT2D eigenvalue weighted by Crippen LogP contribution is 2.14. The van der Waals surface area contributed by atoms with Crippen molar-refractivity contribution in [1.82, 2.24) is 15.2 Å². The number of nitrogens with zero attached hydrogens (tertiary/aromatic N) is 2. The summed E-state index contributed by atoms with van der Waals surface area (Å²) < 4.78 is 0. The van der Waals surface area contributed by atoms with Crippen LogP contribution in [0.25, 0.3) is 0 Å². The molecule has 0 aromatic carbocycles. The molecule has 1 atom stereocenters. The maximum absolute atomic E-state index is 12.4. The zero-order valence-corrected chi connectivity index (χ0v) is 11.3. The smallest absolute Gasteiger partial charge is 0.255 e. The first-order valence-corrected chi connectivity index (χ1v) is 6.87. The van der Waals surface area contributed by atoms with Gasteiger partial charge in [0.05, 0.1) is 11.8 Å². The van der Waals surface area contributed by atoms with E-state index >= 15 is 0 Å². The summed E-state index contributed by atoms with van der Waals surface area (Å²) in [4.78, 5) is 18.1. The van der Waals surface area contributed by atoms with Crippen LogP contribution >= 0.6 is 0 Å². The van der Waals surface area contributed by atoms with E-state index in [0.717, 1.165) is 32.5 Å². The molecule has 1 aliphatic rings. The first-order chi connectivity index (χ1) is 9.20. The number of aromatic hydroxyl groups is 1. The lowest BCUT2D eigenvalue weighted by atomic mass is 10.1. The van der Waals surface area contributed by atoms with E-state index in [1.165, 1.54) is 24.9 Å². The Morgan fingerprint density at radius 3 is 3.05 bits per heavy atom. The molecule has 1 aromatic heterocycles. The molecule has 1 aromatic rings. The third-order valence-electron chi connectivity index (χ3n) is 3.35. The Morgan fingerprint density at radius 2 is 2.42 bits per heavy atom. The summed E-state index contributed by atoms with van der Waals surface area (Å²) in [5.41, 5.74) is 0.450. The minimum absolute atomic E-state index is 0.0290. The highest BCUT2D eigenvalue weighted by atomic mass is 16.3. The molecular formula is C14H21N3O2. The fraction of sp³-hybridized carbons (Fsp3) is 0.571. The van der Waals surface area contributed by atoms with Crippen molar-refractivity contribution in [1.29, 1.82) is 0 Å². The van der Waals surface area contributed by atoms with Gasteiger partial charge in [0.2, 0.25) is 0 Å². The molecule has 2 N–H and O–H groups in total. The molecule has 19 heavy (non-hydrogen) atoms. The van der Waals surface area contributed by atoms with Gasteiger partial charge in [-0.1, -0.05) is 6.92 Å². The quantitative estimate of drug-likeness (QED) is 0.842. The Balaban J connectivity index is 2.06. The molecule has 1 unspecified atom stereocenters. The largest absolute Gasteiger partial charge is 0.506 e. The molecule has 2 heterocycles. The highest BCUT2D eigenvalue weighted by Gasteiger charge is 2.22. The Morgan fingerprint density at radius 1 is 1.58 bits per heavy atom. The third-order valence-corrected chi connectivity index (χ3v) is 3.35. The number of carbonyl (C=O) groups excluding carboxylic acids is 1. The lowest BCUT2D eigenvalue weighted by Crippen LogP contribution is -2.41. The van der Waals surface area contributed by atoms with E-state index in [-0.39, 0.29) is 11.7 Å². The first-order valence-electron chi connectivity index (χ1n) is 6.87. The molecule has 0 radical (unpaired) electrons. The number of amides is 1. The summed E-state index contributed by atoms with van der Waals surface area (Å²) in [5, 5.41) is 12.8. The third kappa shape index (κ3) is 3.67. The molecule has 1 aliphatic heterocycles. The van der Waals surface area contributed by atoms with Crippen molar-refractivity contribution in [2.45, 2.75) is 32.2 Å². The molecule has 0 aliphatic carbocycles. The number of carbonyl (C=O) groups is 1. The number of hydrogen-bond acceptors (Lipinski definition) is 4. The van der Waals surface area contributed by atoms with E-state index in [9.17, 15) is 9.90 Å². The predicted octanol–water partition coefficient (Wildman–Crippen LogP) is 1.39. The molecule has 2 rings (SSSR count). The lowest BCUT2D eigenvalue weighted by molar-refractivity contribution is 0.0741. The van der Waals surface area contributed by atoms with Crippen LogP contribution in [0.15, 0.2) is 18.5 Å². The van der Waals surface area contributed by atoms with Crippen molar-refractivity contribution in [3.8, 4) is 5.75 Å². The minimum Gasteiger partial charge on any atom is -0.506 e. The molecule has 0 bridgehead atoms. The van der Waals surface area contributed by atoms with Crippen molar-refractivity contribution in [2.24, 2.45) is 0 Å². The average molecular weight is 263 g/mol. The van der Waals surface area contributed by atoms with Gasteiger partial charge < -0.3 is 15.3 Å². The second-order valence-corrected chi connectivity index (χ2v) is 4.98. The van der Waals surface area contributed by atoms with Gasteiger partial charge in [0, 0.05) is 25.3 Å². The summed E-state index contributed by atoms with van der Waals surface area (Å²) >= 11 is 0. The molecular weight excluding hydrogens is 242 g/mol. The van der Waals surface area contributed by atoms with E-state index < -0.39 is 0 Å². The molecule has 1 amide bonds. The van der Waals surface area contributed by atoms with Gasteiger partial charge in [0.15, 0.2) is 0 Å². The van der Waals surface area contributed by atoms with Crippen molar-refractivity contribution >= 4 is 5.91 Å². The van der Waals surface area contributed by atoms with E-state index in [2.05, 4.69) is 17.2 Å². The fourth-order valence-electron chi connectivity index (χ4n) is 2.45. The van der Waals surface area contributed by atoms with Crippen LogP contribution in [0.5, 0.6) is 5.75 Å². The maximum Gasteiger partial charge on any atom is 0.255 e. The van der Waals surface area contributed by atoms with Gasteiger partial charge in [-0.2, -0.15) is 0 Å². The van der Waals surface area contributed by atoms with Crippen LogP contribution in [0.4, 0.5) is 0 Å². The number of pyridine rings is 1. The van der Waals surface area contributed by atoms with Crippen molar-refractivity contribution in [2.75, 3.05) is 19.6 Å². The molecule has 1 fully saturated rings. The van der Waals surface area contributed by atoms with Gasteiger partial charge >= 0.3 is 0 Å². The number of hydrogen-bond donors (Lipinski definition) is 2. The van der Waals surface area contributed by atoms with Crippen molar-refractivity contribution in [3.05, 3.63) is 24.0 Å². The molecule has 5 nitrogen and oxygen atoms in total. The van der Waals surface area contributed by atoms with Crippen LogP contribution in [0.2, 0.25) is 0 Å². The van der Waals surface area contributed by atoms with Gasteiger partial charge in [-0.25, -0.2) is 0 Å². The van der Waals surface area contributed by atoms with Crippen LogP contribution in [0.3, 0.4) is 0 Å². The summed E-state index contributed by atoms with van der Waals surface area (Å²) in [5.74, 6) is -0.0276. The van der Waals surface area contributed by atoms with Gasteiger partial charge in [-0.05, 0) is 31.9 Å². The Kier molecular flexibility index (Phi) is 4.74. The van der Waals surface area contributed by atoms with Gasteiger partial charge in [0.1, 0.15) is 5.75 Å². The maximum atomic E-state index is 12.4. The normalized spacial score (nSPS) is 18.5. The summed E-state index contributed by atoms with van der Waals surface area (Å²) in [7, 11) is 0. The monoisotopic (exact) mass is 263 g/mol. The van der Waals surface area contributed by atoms with Gasteiger partial charge in [-0.3, -0.25) is 9.78 Å². The minimum atomic E-state index is -0.0565. The Labute approximate surface area is 113 Å². The average Bonchev–Trinajstić information content (AvgIpc) is 2.90. The van der Waals surface area contributed by atoms with Crippen LogP contribution < -0.4 is 5.32 Å². The zero-order chi connectivity index (χ0) is 13.7. The van der Waals surface area contributed by atoms with Gasteiger partial charge in [-0.15, -0.1) is 0 Å². The lowest BCUT2D eigenvalue weighted by Gasteiger charge is -2.25. The second-order valence-electron chi connectivity index (χ2n) is 4.98. The highest BCUT2D eigenvalue weighted by molar-refractivity contribution is 5.94. The molecule has 5 heteroatoms. The fourth-order valence-corrected chi connectivity index (χ4v) is 2.45. The van der Waals surface area contributed by atoms with E-state index in [4.69, 9.17) is 0 Å². The second kappa shape index (κ2) is 6.52. The van der Waals surface area contributed by atoms with Crippen LogP contribution in [-0.4, -0.2) is 46.6 Å². The summed E-state index contributed by atoms with van der Waals surface area (Å²) in [6, 6.07) is 1.86. The number of rotatable bonds is 5. The molecule has 0 spiro atoms. The SMILES string of the molecule is CCCN(CC1CCCN1)C(=O)c1cncc(O)c1. The Bertz CT molecular complexity index is 430. The van der Waals surface area contributed by atoms with Crippen LogP contribution in [-0.2, 0) is 0 Å². The molecule has 1 saturated heterocycles. The van der Waals surface area contributed by atoms with Crippen LogP contribution in [0, 0.1) is 0 Å². The summed E-state index contributed by atoms with van der Waals surface area (Å²) in [6.45, 7) is 4.55. The molecule has 0 saturated carbocycles. The standard InChI is InChI=1S/C14H21N3O2/c1-2-6-17(10-12-4-3-5-16-12)14(19)11-7-13(18)9-15-8-11/h7-9,12,16,18H,2-6,10H2,1H3. The Hall–Kier alpha value is -1.62. The van der Waals surface area contributed by atoms with Crippen molar-refractivity contribution in [3.63, 3.8) is 0 Å². The van der Waals surface area contributed by atoms with Gasteiger partial charge in [0.25, 0.3) is 5.91 Å². The summed E-state index contributed by atoms with van der Waals surface area (Å²) in [6.07, 6.45) is 6.05. The van der Waals surface area contributed by atoms with Crippen molar-refractivity contribution < 1.29 is 9.90 Å². The first kappa shape index (κ1) is 13.8.